The molecule has 2 aromatic rings. The molecule has 3 aliphatic rings. The van der Waals surface area contributed by atoms with Crippen LogP contribution < -0.4 is 10.2 Å². The van der Waals surface area contributed by atoms with Gasteiger partial charge in [-0.2, -0.15) is 0 Å². The zero-order chi connectivity index (χ0) is 21.2. The Hall–Kier alpha value is -1.70. The summed E-state index contributed by atoms with van der Waals surface area (Å²) in [6.07, 6.45) is 0.887. The minimum absolute atomic E-state index is 0.154. The van der Waals surface area contributed by atoms with Crippen molar-refractivity contribution in [3.63, 3.8) is 0 Å². The van der Waals surface area contributed by atoms with Crippen LogP contribution in [0.5, 0.6) is 0 Å². The molecule has 5 nitrogen and oxygen atoms in total. The number of anilines is 2. The number of carbonyl (C=O) groups is 3. The molecule has 0 spiro atoms. The summed E-state index contributed by atoms with van der Waals surface area (Å²) in [4.78, 5) is 40.4. The van der Waals surface area contributed by atoms with Crippen molar-refractivity contribution >= 4 is 72.6 Å². The highest BCUT2D eigenvalue weighted by molar-refractivity contribution is 9.12. The number of alkyl halides is 2. The van der Waals surface area contributed by atoms with Gasteiger partial charge in [0.15, 0.2) is 0 Å². The lowest BCUT2D eigenvalue weighted by Crippen LogP contribution is -2.37. The molecular formula is C22H17Br2ClN2O3. The van der Waals surface area contributed by atoms with Gasteiger partial charge in [0.25, 0.3) is 5.91 Å². The molecule has 3 amide bonds. The van der Waals surface area contributed by atoms with Crippen LogP contribution in [-0.4, -0.2) is 27.4 Å². The summed E-state index contributed by atoms with van der Waals surface area (Å²) in [6, 6.07) is 13.7. The minimum atomic E-state index is -0.281. The highest BCUT2D eigenvalue weighted by Gasteiger charge is 2.66. The highest BCUT2D eigenvalue weighted by Crippen LogP contribution is 2.60. The fraction of sp³-hybridized carbons (Fsp3) is 0.318. The van der Waals surface area contributed by atoms with Crippen LogP contribution in [0.2, 0.25) is 5.02 Å². The largest absolute Gasteiger partial charge is 0.321 e. The Labute approximate surface area is 195 Å². The van der Waals surface area contributed by atoms with Crippen molar-refractivity contribution in [3.8, 4) is 0 Å². The summed E-state index contributed by atoms with van der Waals surface area (Å²) in [5.74, 6) is -0.835. The topological polar surface area (TPSA) is 66.5 Å². The predicted octanol–water partition coefficient (Wildman–Crippen LogP) is 4.87. The van der Waals surface area contributed by atoms with Gasteiger partial charge in [-0.05, 0) is 48.6 Å². The Morgan fingerprint density at radius 1 is 0.967 bits per heavy atom. The number of rotatable bonds is 3. The average Bonchev–Trinajstić information content (AvgIpc) is 3.35. The SMILES string of the molecule is O=C(Nc1ccc(N2C(=O)[C@@H]3[C@H]4C[C@@H]([C@@H](Br)[C@H]4Br)[C@H]3C2=O)cc1Cl)c1ccccc1. The summed E-state index contributed by atoms with van der Waals surface area (Å²) < 4.78 is 0. The first-order valence-corrected chi connectivity index (χ1v) is 11.9. The van der Waals surface area contributed by atoms with Crippen molar-refractivity contribution in [3.05, 3.63) is 59.1 Å². The van der Waals surface area contributed by atoms with Crippen LogP contribution in [0.15, 0.2) is 48.5 Å². The molecule has 3 fully saturated rings. The van der Waals surface area contributed by atoms with E-state index in [0.29, 0.717) is 16.9 Å². The van der Waals surface area contributed by atoms with Gasteiger partial charge < -0.3 is 5.32 Å². The van der Waals surface area contributed by atoms with Crippen molar-refractivity contribution in [1.29, 1.82) is 0 Å². The molecule has 1 N–H and O–H groups in total. The standard InChI is InChI=1S/C22H17Br2ClN2O3/c23-18-12-9-13(19(18)24)17-16(12)21(29)27(22(17)30)11-6-7-15(14(25)8-11)26-20(28)10-4-2-1-3-5-10/h1-8,12-13,16-19H,9H2,(H,26,28)/t12-,13-,16-,17-,18-,19+/m1/s1. The van der Waals surface area contributed by atoms with Gasteiger partial charge in [-0.15, -0.1) is 0 Å². The van der Waals surface area contributed by atoms with Gasteiger partial charge in [-0.25, -0.2) is 4.90 Å². The van der Waals surface area contributed by atoms with Gasteiger partial charge in [-0.1, -0.05) is 61.7 Å². The third kappa shape index (κ3) is 2.97. The van der Waals surface area contributed by atoms with E-state index in [-0.39, 0.29) is 56.1 Å². The summed E-state index contributed by atoms with van der Waals surface area (Å²) in [7, 11) is 0. The second-order valence-electron chi connectivity index (χ2n) is 8.00. The van der Waals surface area contributed by atoms with E-state index in [9.17, 15) is 14.4 Å². The van der Waals surface area contributed by atoms with Gasteiger partial charge in [0.2, 0.25) is 11.8 Å². The summed E-state index contributed by atoms with van der Waals surface area (Å²) in [5.41, 5.74) is 1.38. The summed E-state index contributed by atoms with van der Waals surface area (Å²) in [6.45, 7) is 0. The maximum absolute atomic E-state index is 13.2. The zero-order valence-corrected chi connectivity index (χ0v) is 19.5. The molecule has 0 radical (unpaired) electrons. The zero-order valence-electron chi connectivity index (χ0n) is 15.6. The molecule has 2 bridgehead atoms. The van der Waals surface area contributed by atoms with Gasteiger partial charge in [0.1, 0.15) is 0 Å². The number of fused-ring (bicyclic) bond motifs is 5. The van der Waals surface area contributed by atoms with Crippen LogP contribution in [0, 0.1) is 23.7 Å². The lowest BCUT2D eigenvalue weighted by Gasteiger charge is -2.28. The number of imide groups is 1. The third-order valence-electron chi connectivity index (χ3n) is 6.48. The van der Waals surface area contributed by atoms with E-state index in [1.807, 2.05) is 6.07 Å². The number of nitrogens with one attached hydrogen (secondary N) is 1. The molecule has 1 aliphatic heterocycles. The fourth-order valence-electron chi connectivity index (χ4n) is 5.13. The Balaban J connectivity index is 1.39. The number of nitrogens with zero attached hydrogens (tertiary/aromatic N) is 1. The highest BCUT2D eigenvalue weighted by atomic mass is 79.9. The van der Waals surface area contributed by atoms with Crippen LogP contribution >= 0.6 is 43.5 Å². The van der Waals surface area contributed by atoms with Crippen LogP contribution in [-0.2, 0) is 9.59 Å². The molecule has 1 saturated heterocycles. The third-order valence-corrected chi connectivity index (χ3v) is 10.0. The molecule has 2 aromatic carbocycles. The minimum Gasteiger partial charge on any atom is -0.321 e. The lowest BCUT2D eigenvalue weighted by molar-refractivity contribution is -0.123. The summed E-state index contributed by atoms with van der Waals surface area (Å²) >= 11 is 13.8. The fourth-order valence-corrected chi connectivity index (χ4v) is 7.23. The first kappa shape index (κ1) is 20.2. The Morgan fingerprint density at radius 3 is 2.13 bits per heavy atom. The van der Waals surface area contributed by atoms with Crippen molar-refractivity contribution in [2.75, 3.05) is 10.2 Å². The van der Waals surface area contributed by atoms with E-state index in [0.717, 1.165) is 6.42 Å². The van der Waals surface area contributed by atoms with E-state index >= 15 is 0 Å². The first-order valence-electron chi connectivity index (χ1n) is 9.70. The van der Waals surface area contributed by atoms with E-state index in [1.165, 1.54) is 4.90 Å². The molecule has 30 heavy (non-hydrogen) atoms. The van der Waals surface area contributed by atoms with Gasteiger partial charge in [0.05, 0.1) is 28.2 Å². The Kier molecular flexibility index (Phi) is 5.03. The molecule has 0 unspecified atom stereocenters. The van der Waals surface area contributed by atoms with Crippen LogP contribution in [0.4, 0.5) is 11.4 Å². The quantitative estimate of drug-likeness (QED) is 0.436. The smallest absolute Gasteiger partial charge is 0.255 e. The second kappa shape index (κ2) is 7.46. The van der Waals surface area contributed by atoms with E-state index in [4.69, 9.17) is 11.6 Å². The molecule has 6 atom stereocenters. The molecule has 8 heteroatoms. The number of benzene rings is 2. The maximum atomic E-state index is 13.2. The number of amides is 3. The molecule has 1 heterocycles. The average molecular weight is 553 g/mol. The number of carbonyl (C=O) groups excluding carboxylic acids is 3. The number of halogens is 3. The van der Waals surface area contributed by atoms with Crippen LogP contribution in [0.3, 0.4) is 0 Å². The first-order chi connectivity index (χ1) is 14.4. The van der Waals surface area contributed by atoms with Crippen molar-refractivity contribution < 1.29 is 14.4 Å². The number of hydrogen-bond donors (Lipinski definition) is 1. The maximum Gasteiger partial charge on any atom is 0.255 e. The second-order valence-corrected chi connectivity index (χ2v) is 10.5. The number of hydrogen-bond acceptors (Lipinski definition) is 3. The molecule has 154 valence electrons. The molecule has 2 aliphatic carbocycles. The molecular weight excluding hydrogens is 536 g/mol. The molecule has 2 saturated carbocycles. The molecule has 0 aromatic heterocycles. The van der Waals surface area contributed by atoms with Crippen molar-refractivity contribution in [2.45, 2.75) is 16.1 Å². The van der Waals surface area contributed by atoms with Gasteiger partial charge in [-0.3, -0.25) is 14.4 Å². The predicted molar refractivity (Wildman–Crippen MR) is 122 cm³/mol. The van der Waals surface area contributed by atoms with Gasteiger partial charge >= 0.3 is 0 Å². The Bertz CT molecular complexity index is 1030. The van der Waals surface area contributed by atoms with Crippen molar-refractivity contribution in [2.24, 2.45) is 23.7 Å². The Morgan fingerprint density at radius 2 is 1.57 bits per heavy atom. The normalized spacial score (nSPS) is 31.9. The van der Waals surface area contributed by atoms with Crippen LogP contribution in [0.1, 0.15) is 16.8 Å². The van der Waals surface area contributed by atoms with Crippen LogP contribution in [0.25, 0.3) is 0 Å². The van der Waals surface area contributed by atoms with Gasteiger partial charge in [0, 0.05) is 15.2 Å². The summed E-state index contributed by atoms with van der Waals surface area (Å²) in [5, 5.41) is 3.04. The monoisotopic (exact) mass is 550 g/mol. The lowest BCUT2D eigenvalue weighted by atomic mass is 9.81. The van der Waals surface area contributed by atoms with Crippen molar-refractivity contribution in [1.82, 2.24) is 0 Å². The van der Waals surface area contributed by atoms with E-state index in [2.05, 4.69) is 37.2 Å². The van der Waals surface area contributed by atoms with E-state index in [1.54, 1.807) is 42.5 Å². The van der Waals surface area contributed by atoms with E-state index < -0.39 is 0 Å². The molecule has 5 rings (SSSR count).